The van der Waals surface area contributed by atoms with Crippen LogP contribution in [0.5, 0.6) is 0 Å². The first-order chi connectivity index (χ1) is 5.41. The maximum Gasteiger partial charge on any atom is 0.0282 e. The Labute approximate surface area is 68.3 Å². The summed E-state index contributed by atoms with van der Waals surface area (Å²) in [5.74, 6) is 11.1. The predicted molar refractivity (Wildman–Crippen MR) is 49.7 cm³/mol. The van der Waals surface area contributed by atoms with Gasteiger partial charge in [-0.2, -0.15) is 0 Å². The van der Waals surface area contributed by atoms with Crippen molar-refractivity contribution in [2.45, 2.75) is 6.42 Å². The molecule has 0 aliphatic carbocycles. The highest BCUT2D eigenvalue weighted by Crippen LogP contribution is 1.78. The molecule has 54 valence electrons. The smallest absolute Gasteiger partial charge is 0.0282 e. The van der Waals surface area contributed by atoms with Gasteiger partial charge in [-0.15, -0.1) is 0 Å². The van der Waals surface area contributed by atoms with E-state index in [2.05, 4.69) is 36.8 Å². The van der Waals surface area contributed by atoms with Gasteiger partial charge in [-0.05, 0) is 18.2 Å². The lowest BCUT2D eigenvalue weighted by Crippen LogP contribution is -1.57. The molecule has 0 aromatic rings. The van der Waals surface area contributed by atoms with E-state index in [0.717, 1.165) is 6.42 Å². The van der Waals surface area contributed by atoms with Crippen LogP contribution < -0.4 is 0 Å². The van der Waals surface area contributed by atoms with Crippen LogP contribution in [0.15, 0.2) is 37.5 Å². The number of allylic oxidation sites excluding steroid dienone is 4. The molecule has 0 radical (unpaired) electrons. The molecule has 0 atom stereocenters. The third kappa shape index (κ3) is 8.34. The van der Waals surface area contributed by atoms with Crippen molar-refractivity contribution in [3.63, 3.8) is 0 Å². The summed E-state index contributed by atoms with van der Waals surface area (Å²) < 4.78 is 0. The Kier molecular flexibility index (Phi) is 7.08. The van der Waals surface area contributed by atoms with Crippen LogP contribution in [-0.4, -0.2) is 0 Å². The maximum absolute atomic E-state index is 3.47. The molecule has 0 saturated carbocycles. The fourth-order valence-corrected chi connectivity index (χ4v) is 0.415. The lowest BCUT2D eigenvalue weighted by Gasteiger charge is -1.70. The summed E-state index contributed by atoms with van der Waals surface area (Å²) in [4.78, 5) is 0. The molecular formula is C11H10. The maximum atomic E-state index is 3.47. The Bertz CT molecular complexity index is 258. The topological polar surface area (TPSA) is 0 Å². The fraction of sp³-hybridized carbons (Fsp3) is 0.0909. The van der Waals surface area contributed by atoms with E-state index in [9.17, 15) is 0 Å². The summed E-state index contributed by atoms with van der Waals surface area (Å²) in [6.07, 6.45) is 7.51. The summed E-state index contributed by atoms with van der Waals surface area (Å²) in [5.41, 5.74) is 0. The average Bonchev–Trinajstić information content (AvgIpc) is 2.03. The van der Waals surface area contributed by atoms with Crippen LogP contribution in [-0.2, 0) is 0 Å². The Morgan fingerprint density at radius 3 is 2.36 bits per heavy atom. The van der Waals surface area contributed by atoms with E-state index in [1.54, 1.807) is 18.2 Å². The molecule has 0 fully saturated rings. The van der Waals surface area contributed by atoms with Crippen LogP contribution in [0.25, 0.3) is 0 Å². The van der Waals surface area contributed by atoms with Crippen molar-refractivity contribution in [1.29, 1.82) is 0 Å². The van der Waals surface area contributed by atoms with E-state index in [4.69, 9.17) is 0 Å². The zero-order valence-corrected chi connectivity index (χ0v) is 6.43. The summed E-state index contributed by atoms with van der Waals surface area (Å²) in [6, 6.07) is 0. The van der Waals surface area contributed by atoms with Gasteiger partial charge in [0.05, 0.1) is 0 Å². The monoisotopic (exact) mass is 142 g/mol. The van der Waals surface area contributed by atoms with Gasteiger partial charge in [-0.25, -0.2) is 0 Å². The molecule has 0 aliphatic rings. The van der Waals surface area contributed by atoms with E-state index in [1.165, 1.54) is 0 Å². The molecule has 0 aromatic heterocycles. The summed E-state index contributed by atoms with van der Waals surface area (Å²) in [5, 5.41) is 0. The Hall–Kier alpha value is -1.66. The lowest BCUT2D eigenvalue weighted by molar-refractivity contribution is 1.48. The largest absolute Gasteiger partial charge is 0.0944 e. The van der Waals surface area contributed by atoms with Crippen molar-refractivity contribution in [3.05, 3.63) is 37.5 Å². The van der Waals surface area contributed by atoms with Gasteiger partial charge in [0.1, 0.15) is 0 Å². The molecule has 0 rings (SSSR count). The van der Waals surface area contributed by atoms with Crippen LogP contribution in [0, 0.1) is 23.7 Å². The summed E-state index contributed by atoms with van der Waals surface area (Å²) in [6.45, 7) is 6.93. The van der Waals surface area contributed by atoms with E-state index in [-0.39, 0.29) is 0 Å². The van der Waals surface area contributed by atoms with Crippen LogP contribution in [0.3, 0.4) is 0 Å². The number of hydrogen-bond donors (Lipinski definition) is 0. The molecule has 0 aliphatic heterocycles. The van der Waals surface area contributed by atoms with Gasteiger partial charge in [-0.1, -0.05) is 42.9 Å². The second kappa shape index (κ2) is 8.34. The Balaban J connectivity index is 3.60. The molecule has 0 heteroatoms. The second-order valence-electron chi connectivity index (χ2n) is 1.62. The van der Waals surface area contributed by atoms with Gasteiger partial charge in [0.25, 0.3) is 0 Å². The highest BCUT2D eigenvalue weighted by molar-refractivity contribution is 5.23. The minimum atomic E-state index is 0.720. The predicted octanol–water partition coefficient (Wildman–Crippen LogP) is 2.31. The first-order valence-electron chi connectivity index (χ1n) is 3.28. The van der Waals surface area contributed by atoms with Crippen LogP contribution in [0.2, 0.25) is 0 Å². The van der Waals surface area contributed by atoms with Gasteiger partial charge in [-0.3, -0.25) is 0 Å². The van der Waals surface area contributed by atoms with E-state index < -0.39 is 0 Å². The molecule has 0 saturated heterocycles. The summed E-state index contributed by atoms with van der Waals surface area (Å²) >= 11 is 0. The van der Waals surface area contributed by atoms with Gasteiger partial charge in [0, 0.05) is 6.42 Å². The van der Waals surface area contributed by atoms with Crippen molar-refractivity contribution in [1.82, 2.24) is 0 Å². The van der Waals surface area contributed by atoms with E-state index in [1.807, 2.05) is 6.08 Å². The van der Waals surface area contributed by atoms with Gasteiger partial charge in [0.2, 0.25) is 0 Å². The van der Waals surface area contributed by atoms with Gasteiger partial charge in [0.15, 0.2) is 0 Å². The quantitative estimate of drug-likeness (QED) is 0.493. The van der Waals surface area contributed by atoms with Crippen molar-refractivity contribution < 1.29 is 0 Å². The number of hydrogen-bond acceptors (Lipinski definition) is 0. The zero-order valence-electron chi connectivity index (χ0n) is 6.43. The Morgan fingerprint density at radius 2 is 1.73 bits per heavy atom. The lowest BCUT2D eigenvalue weighted by atomic mass is 10.3. The fourth-order valence-electron chi connectivity index (χ4n) is 0.415. The zero-order chi connectivity index (χ0) is 8.36. The average molecular weight is 142 g/mol. The minimum absolute atomic E-state index is 0.720. The molecule has 0 unspecified atom stereocenters. The molecule has 0 nitrogen and oxygen atoms in total. The molecule has 0 bridgehead atoms. The summed E-state index contributed by atoms with van der Waals surface area (Å²) in [7, 11) is 0. The van der Waals surface area contributed by atoms with Crippen molar-refractivity contribution >= 4 is 0 Å². The first kappa shape index (κ1) is 9.34. The molecular weight excluding hydrogens is 132 g/mol. The van der Waals surface area contributed by atoms with Crippen molar-refractivity contribution in [2.24, 2.45) is 0 Å². The molecule has 11 heavy (non-hydrogen) atoms. The van der Waals surface area contributed by atoms with Crippen molar-refractivity contribution in [2.75, 3.05) is 0 Å². The highest BCUT2D eigenvalue weighted by Gasteiger charge is 1.63. The minimum Gasteiger partial charge on any atom is -0.0944 e. The third-order valence-electron chi connectivity index (χ3n) is 0.811. The third-order valence-corrected chi connectivity index (χ3v) is 0.811. The molecule has 0 amide bonds. The molecule has 0 aromatic carbocycles. The van der Waals surface area contributed by atoms with E-state index >= 15 is 0 Å². The number of rotatable bonds is 1. The molecule has 0 spiro atoms. The second-order valence-corrected chi connectivity index (χ2v) is 1.62. The molecule has 0 N–H and O–H groups in total. The normalized spacial score (nSPS) is 7.27. The van der Waals surface area contributed by atoms with Crippen LogP contribution in [0.1, 0.15) is 6.42 Å². The SMILES string of the molecule is C=CC#CC=CCC#CC=C. The highest BCUT2D eigenvalue weighted by atomic mass is 13.7. The Morgan fingerprint density at radius 1 is 1.00 bits per heavy atom. The first-order valence-corrected chi connectivity index (χ1v) is 3.28. The van der Waals surface area contributed by atoms with Crippen LogP contribution >= 0.6 is 0 Å². The van der Waals surface area contributed by atoms with Crippen LogP contribution in [0.4, 0.5) is 0 Å². The molecule has 0 heterocycles. The standard InChI is InChI=1S/C11H10/c1-3-5-7-9-11-10-8-6-4-2/h3-4,9,11H,1-2,10H2. The van der Waals surface area contributed by atoms with Gasteiger partial charge < -0.3 is 0 Å². The van der Waals surface area contributed by atoms with Gasteiger partial charge >= 0.3 is 0 Å². The van der Waals surface area contributed by atoms with Crippen molar-refractivity contribution in [3.8, 4) is 23.7 Å². The van der Waals surface area contributed by atoms with E-state index in [0.29, 0.717) is 0 Å².